The zero-order valence-electron chi connectivity index (χ0n) is 19.3. The first-order valence-corrected chi connectivity index (χ1v) is 11.2. The number of H-pyrrole nitrogens is 1. The first-order valence-electron chi connectivity index (χ1n) is 11.2. The van der Waals surface area contributed by atoms with Crippen LogP contribution in [0.2, 0.25) is 0 Å². The van der Waals surface area contributed by atoms with Crippen LogP contribution in [0.15, 0.2) is 54.7 Å². The summed E-state index contributed by atoms with van der Waals surface area (Å²) in [6, 6.07) is 14.8. The fraction of sp³-hybridized carbons (Fsp3) is 0.250. The molecule has 3 heterocycles. The monoisotopic (exact) mass is 471 g/mol. The van der Waals surface area contributed by atoms with Gasteiger partial charge < -0.3 is 21.1 Å². The molecule has 5 N–H and O–H groups in total. The lowest BCUT2D eigenvalue weighted by Crippen LogP contribution is -2.49. The highest BCUT2D eigenvalue weighted by Gasteiger charge is 2.30. The first kappa shape index (κ1) is 22.4. The molecule has 11 nitrogen and oxygen atoms in total. The van der Waals surface area contributed by atoms with Crippen molar-refractivity contribution in [2.24, 2.45) is 0 Å². The smallest absolute Gasteiger partial charge is 0.252 e. The highest BCUT2D eigenvalue weighted by Crippen LogP contribution is 2.29. The van der Waals surface area contributed by atoms with E-state index in [1.165, 1.54) is 0 Å². The van der Waals surface area contributed by atoms with Crippen LogP contribution in [0.5, 0.6) is 0 Å². The van der Waals surface area contributed by atoms with Gasteiger partial charge in [-0.15, -0.1) is 5.10 Å². The zero-order chi connectivity index (χ0) is 24.4. The Balaban J connectivity index is 1.46. The number of hydrogen-bond donors (Lipinski definition) is 5. The van der Waals surface area contributed by atoms with E-state index in [-0.39, 0.29) is 18.1 Å². The number of carbonyl (C=O) groups is 1. The molecule has 0 saturated heterocycles. The number of hydrogen-bond acceptors (Lipinski definition) is 9. The number of benzene rings is 2. The molecule has 2 aromatic carbocycles. The molecule has 1 aliphatic heterocycles. The predicted octanol–water partition coefficient (Wildman–Crippen LogP) is 2.61. The number of nitrogens with zero attached hydrogens (tertiary/aromatic N) is 5. The molecule has 0 spiro atoms. The standard InChI is InChI=1S/C24H25N9O2/c1-24(2)11-15-8-9-16(10-17(15)22(35)29-24)26-23-25-12-18(21-30-32-33-31-21)20(28-23)27-19(13-34)14-6-4-3-5-7-14/h3-10,12,19,34H,11,13H2,1-2H3,(H,29,35)(H2,25,26,27,28)(H,30,31,32,33)/t19-/m1/s1. The number of tetrazole rings is 1. The second kappa shape index (κ2) is 9.11. The van der Waals surface area contributed by atoms with Gasteiger partial charge in [0.25, 0.3) is 5.91 Å². The Kier molecular flexibility index (Phi) is 5.83. The van der Waals surface area contributed by atoms with Crippen molar-refractivity contribution in [1.82, 2.24) is 35.9 Å². The summed E-state index contributed by atoms with van der Waals surface area (Å²) in [6.07, 6.45) is 2.34. The van der Waals surface area contributed by atoms with Crippen LogP contribution in [-0.4, -0.2) is 53.8 Å². The van der Waals surface area contributed by atoms with Crippen LogP contribution in [0, 0.1) is 0 Å². The third-order valence-corrected chi connectivity index (χ3v) is 5.78. The molecule has 0 saturated carbocycles. The number of carbonyl (C=O) groups excluding carboxylic acids is 1. The molecule has 1 amide bonds. The number of aliphatic hydroxyl groups excluding tert-OH is 1. The molecular formula is C24H25N9O2. The summed E-state index contributed by atoms with van der Waals surface area (Å²) >= 11 is 0. The van der Waals surface area contributed by atoms with Crippen LogP contribution in [0.4, 0.5) is 17.5 Å². The van der Waals surface area contributed by atoms with E-state index in [1.54, 1.807) is 12.3 Å². The molecule has 4 aromatic rings. The topological polar surface area (TPSA) is 154 Å². The molecule has 1 atom stereocenters. The van der Waals surface area contributed by atoms with E-state index in [4.69, 9.17) is 0 Å². The van der Waals surface area contributed by atoms with Crippen molar-refractivity contribution in [2.45, 2.75) is 31.8 Å². The Hall–Kier alpha value is -4.38. The highest BCUT2D eigenvalue weighted by atomic mass is 16.3. The molecule has 0 radical (unpaired) electrons. The van der Waals surface area contributed by atoms with E-state index < -0.39 is 6.04 Å². The number of rotatable bonds is 7. The van der Waals surface area contributed by atoms with E-state index in [0.717, 1.165) is 17.5 Å². The fourth-order valence-corrected chi connectivity index (χ4v) is 4.13. The maximum Gasteiger partial charge on any atom is 0.252 e. The van der Waals surface area contributed by atoms with Crippen LogP contribution in [-0.2, 0) is 6.42 Å². The lowest BCUT2D eigenvalue weighted by atomic mass is 9.87. The minimum Gasteiger partial charge on any atom is -0.394 e. The van der Waals surface area contributed by atoms with Gasteiger partial charge in [0.05, 0.1) is 18.2 Å². The maximum atomic E-state index is 12.6. The minimum absolute atomic E-state index is 0.106. The third-order valence-electron chi connectivity index (χ3n) is 5.78. The van der Waals surface area contributed by atoms with E-state index in [1.807, 2.05) is 56.3 Å². The number of aromatic amines is 1. The molecule has 0 unspecified atom stereocenters. The number of aliphatic hydroxyl groups is 1. The van der Waals surface area contributed by atoms with Crippen molar-refractivity contribution in [3.05, 3.63) is 71.4 Å². The van der Waals surface area contributed by atoms with Gasteiger partial charge in [-0.05, 0) is 54.0 Å². The Morgan fingerprint density at radius 1 is 1.14 bits per heavy atom. The van der Waals surface area contributed by atoms with E-state index in [0.29, 0.717) is 34.4 Å². The SMILES string of the molecule is CC1(C)Cc2ccc(Nc3ncc(-c4nnn[nH]4)c(N[C@H](CO)c4ccccc4)n3)cc2C(=O)N1. The summed E-state index contributed by atoms with van der Waals surface area (Å²) in [5, 5.41) is 33.5. The number of aromatic nitrogens is 6. The van der Waals surface area contributed by atoms with E-state index >= 15 is 0 Å². The molecule has 5 rings (SSSR count). The Labute approximate surface area is 201 Å². The van der Waals surface area contributed by atoms with Crippen molar-refractivity contribution < 1.29 is 9.90 Å². The largest absolute Gasteiger partial charge is 0.394 e. The van der Waals surface area contributed by atoms with Gasteiger partial charge in [-0.2, -0.15) is 4.98 Å². The first-order chi connectivity index (χ1) is 16.9. The van der Waals surface area contributed by atoms with Gasteiger partial charge in [-0.3, -0.25) is 4.79 Å². The number of nitrogens with one attached hydrogen (secondary N) is 4. The molecular weight excluding hydrogens is 446 g/mol. The molecule has 11 heteroatoms. The van der Waals surface area contributed by atoms with Crippen LogP contribution in [0.25, 0.3) is 11.4 Å². The third kappa shape index (κ3) is 4.80. The van der Waals surface area contributed by atoms with Crippen molar-refractivity contribution in [2.75, 3.05) is 17.2 Å². The molecule has 0 bridgehead atoms. The lowest BCUT2D eigenvalue weighted by Gasteiger charge is -2.32. The number of fused-ring (bicyclic) bond motifs is 1. The van der Waals surface area contributed by atoms with Crippen molar-refractivity contribution in [3.63, 3.8) is 0 Å². The second-order valence-electron chi connectivity index (χ2n) is 9.01. The van der Waals surface area contributed by atoms with Crippen molar-refractivity contribution >= 4 is 23.4 Å². The Morgan fingerprint density at radius 2 is 1.97 bits per heavy atom. The molecule has 1 aliphatic rings. The molecule has 178 valence electrons. The summed E-state index contributed by atoms with van der Waals surface area (Å²) < 4.78 is 0. The average Bonchev–Trinajstić information content (AvgIpc) is 3.38. The Morgan fingerprint density at radius 3 is 2.71 bits per heavy atom. The van der Waals surface area contributed by atoms with Gasteiger partial charge in [0, 0.05) is 23.0 Å². The van der Waals surface area contributed by atoms with Crippen molar-refractivity contribution in [1.29, 1.82) is 0 Å². The summed E-state index contributed by atoms with van der Waals surface area (Å²) in [6.45, 7) is 3.85. The average molecular weight is 472 g/mol. The fourth-order valence-electron chi connectivity index (χ4n) is 4.13. The van der Waals surface area contributed by atoms with Gasteiger partial charge in [0.2, 0.25) is 5.95 Å². The highest BCUT2D eigenvalue weighted by molar-refractivity contribution is 5.98. The van der Waals surface area contributed by atoms with Gasteiger partial charge in [-0.1, -0.05) is 36.4 Å². The zero-order valence-corrected chi connectivity index (χ0v) is 19.3. The Bertz CT molecular complexity index is 1340. The molecule has 2 aromatic heterocycles. The summed E-state index contributed by atoms with van der Waals surface area (Å²) in [5.74, 6) is 1.02. The van der Waals surface area contributed by atoms with E-state index in [2.05, 4.69) is 46.5 Å². The number of amides is 1. The van der Waals surface area contributed by atoms with Crippen LogP contribution >= 0.6 is 0 Å². The maximum absolute atomic E-state index is 12.6. The normalized spacial score (nSPS) is 15.1. The van der Waals surface area contributed by atoms with Gasteiger partial charge in [0.15, 0.2) is 5.82 Å². The molecule has 0 aliphatic carbocycles. The lowest BCUT2D eigenvalue weighted by molar-refractivity contribution is 0.0897. The van der Waals surface area contributed by atoms with Crippen LogP contribution in [0.1, 0.15) is 41.4 Å². The van der Waals surface area contributed by atoms with E-state index in [9.17, 15) is 9.90 Å². The van der Waals surface area contributed by atoms with Crippen LogP contribution in [0.3, 0.4) is 0 Å². The summed E-state index contributed by atoms with van der Waals surface area (Å²) in [5.41, 5.74) is 3.46. The summed E-state index contributed by atoms with van der Waals surface area (Å²) in [4.78, 5) is 21.6. The quantitative estimate of drug-likeness (QED) is 0.274. The molecule has 35 heavy (non-hydrogen) atoms. The van der Waals surface area contributed by atoms with Gasteiger partial charge in [0.1, 0.15) is 5.82 Å². The second-order valence-corrected chi connectivity index (χ2v) is 9.01. The van der Waals surface area contributed by atoms with Gasteiger partial charge in [-0.25, -0.2) is 10.1 Å². The predicted molar refractivity (Wildman–Crippen MR) is 130 cm³/mol. The van der Waals surface area contributed by atoms with Crippen molar-refractivity contribution in [3.8, 4) is 11.4 Å². The van der Waals surface area contributed by atoms with Crippen LogP contribution < -0.4 is 16.0 Å². The minimum atomic E-state index is -0.413. The molecule has 0 fully saturated rings. The van der Waals surface area contributed by atoms with Gasteiger partial charge >= 0.3 is 0 Å². The number of anilines is 3. The summed E-state index contributed by atoms with van der Waals surface area (Å²) in [7, 11) is 0.